The summed E-state index contributed by atoms with van der Waals surface area (Å²) in [5.41, 5.74) is 0. The molecular weight excluding hydrogens is 200 g/mol. The molecule has 0 unspecified atom stereocenters. The topological polar surface area (TPSA) is 262 Å². The van der Waals surface area contributed by atoms with Crippen molar-refractivity contribution < 1.29 is 33.1 Å². The van der Waals surface area contributed by atoms with E-state index >= 15 is 0 Å². The van der Waals surface area contributed by atoms with Gasteiger partial charge in [0.25, 0.3) is 5.09 Å². The van der Waals surface area contributed by atoms with Gasteiger partial charge in [0, 0.05) is 0 Å². The molecule has 0 aromatic rings. The molecule has 0 spiro atoms. The standard InChI is InChI=1S/Cr.HNO3.5H2N.H2O/c;2-1(3)4;;;;;;/h;(H,2,3,4);6*1H2/q+3;;5*-1;. The van der Waals surface area contributed by atoms with Crippen LogP contribution in [0.25, 0.3) is 30.8 Å². The zero-order chi connectivity index (χ0) is 3.58. The summed E-state index contributed by atoms with van der Waals surface area (Å²) in [5.74, 6) is 0. The Balaban J connectivity index is -0.00000000214. The summed E-state index contributed by atoms with van der Waals surface area (Å²) in [6.07, 6.45) is 0. The Labute approximate surface area is 74.8 Å². The summed E-state index contributed by atoms with van der Waals surface area (Å²) in [6, 6.07) is 0. The number of hydrogen-bond acceptors (Lipinski definition) is 2. The van der Waals surface area contributed by atoms with E-state index in [1.807, 2.05) is 0 Å². The van der Waals surface area contributed by atoms with Gasteiger partial charge in [-0.1, -0.05) is 0 Å². The van der Waals surface area contributed by atoms with Crippen LogP contribution in [0.15, 0.2) is 0 Å². The van der Waals surface area contributed by atoms with Gasteiger partial charge in [-0.05, 0) is 0 Å². The summed E-state index contributed by atoms with van der Waals surface area (Å²) < 4.78 is 0. The van der Waals surface area contributed by atoms with Gasteiger partial charge < -0.3 is 41.4 Å². The first kappa shape index (κ1) is 152. The Kier molecular flexibility index (Phi) is 1520. The Morgan fingerprint density at radius 3 is 1.00 bits per heavy atom. The molecule has 1 radical (unpaired) electrons. The fourth-order valence-electron chi connectivity index (χ4n) is 0. The van der Waals surface area contributed by atoms with E-state index in [0.717, 1.165) is 0 Å². The molecule has 0 aromatic heterocycles. The second-order valence-corrected chi connectivity index (χ2v) is 0.238. The Bertz CT molecular complexity index is 37.6. The molecule has 11 heavy (non-hydrogen) atoms. The monoisotopic (exact) mass is 213 g/mol. The molecule has 0 fully saturated rings. The minimum Gasteiger partial charge on any atom is -0.693 e. The van der Waals surface area contributed by atoms with Crippen LogP contribution in [0.3, 0.4) is 0 Å². The zero-order valence-corrected chi connectivity index (χ0v) is 6.78. The zero-order valence-electron chi connectivity index (χ0n) is 5.51. The number of rotatable bonds is 0. The van der Waals surface area contributed by atoms with Crippen LogP contribution >= 0.6 is 0 Å². The molecule has 0 aliphatic carbocycles. The van der Waals surface area contributed by atoms with Crippen molar-refractivity contribution in [2.24, 2.45) is 0 Å². The number of nitrogens with two attached hydrogens (primary N) is 5. The third-order valence-corrected chi connectivity index (χ3v) is 0. The van der Waals surface area contributed by atoms with Gasteiger partial charge in [0.15, 0.2) is 0 Å². The maximum atomic E-state index is 8.36. The van der Waals surface area contributed by atoms with Gasteiger partial charge in [0.05, 0.1) is 0 Å². The molecule has 75 valence electrons. The van der Waals surface area contributed by atoms with Gasteiger partial charge >= 0.3 is 17.4 Å². The third-order valence-electron chi connectivity index (χ3n) is 0. The molecule has 10 nitrogen and oxygen atoms in total. The van der Waals surface area contributed by atoms with Gasteiger partial charge in [-0.2, -0.15) is 0 Å². The number of hydrogen-bond donors (Lipinski definition) is 1. The second-order valence-electron chi connectivity index (χ2n) is 0.238. The molecule has 13 N–H and O–H groups in total. The third kappa shape index (κ3) is 2070. The largest absolute Gasteiger partial charge is 3.00 e. The van der Waals surface area contributed by atoms with Gasteiger partial charge in [0.2, 0.25) is 0 Å². The van der Waals surface area contributed by atoms with Crippen molar-refractivity contribution >= 4 is 0 Å². The minimum absolute atomic E-state index is 0. The van der Waals surface area contributed by atoms with E-state index in [1.165, 1.54) is 0 Å². The van der Waals surface area contributed by atoms with E-state index < -0.39 is 5.09 Å². The van der Waals surface area contributed by atoms with E-state index in [1.54, 1.807) is 0 Å². The molecule has 0 aromatic carbocycles. The van der Waals surface area contributed by atoms with Crippen LogP contribution in [0.4, 0.5) is 0 Å². The second kappa shape index (κ2) is 110. The normalized spacial score (nSPS) is 2.18. The van der Waals surface area contributed by atoms with Gasteiger partial charge in [0.1, 0.15) is 0 Å². The van der Waals surface area contributed by atoms with Gasteiger partial charge in [-0.25, -0.2) is 0 Å². The van der Waals surface area contributed by atoms with Crippen molar-refractivity contribution in [3.8, 4) is 0 Å². The number of nitrogens with zero attached hydrogens (tertiary/aromatic N) is 1. The van der Waals surface area contributed by atoms with E-state index in [2.05, 4.69) is 0 Å². The molecule has 0 aliphatic heterocycles. The van der Waals surface area contributed by atoms with Crippen molar-refractivity contribution in [1.82, 2.24) is 0 Å². The van der Waals surface area contributed by atoms with Crippen molar-refractivity contribution in [1.29, 1.82) is 0 Å². The molecule has 0 atom stereocenters. The fourth-order valence-corrected chi connectivity index (χ4v) is 0. The van der Waals surface area contributed by atoms with Gasteiger partial charge in [-0.3, -0.25) is 0 Å². The molecule has 0 aliphatic rings. The van der Waals surface area contributed by atoms with Crippen molar-refractivity contribution in [2.75, 3.05) is 0 Å². The van der Waals surface area contributed by atoms with Crippen LogP contribution in [0, 0.1) is 10.1 Å². The molecule has 0 amide bonds. The molecule has 11 heteroatoms. The van der Waals surface area contributed by atoms with Crippen LogP contribution in [0.1, 0.15) is 0 Å². The summed E-state index contributed by atoms with van der Waals surface area (Å²) in [5, 5.41) is 13.6. The maximum Gasteiger partial charge on any atom is 3.00 e. The quantitative estimate of drug-likeness (QED) is 0.468. The van der Waals surface area contributed by atoms with E-state index in [0.29, 0.717) is 0 Å². The summed E-state index contributed by atoms with van der Waals surface area (Å²) in [7, 11) is 0. The molecule has 0 bridgehead atoms. The molecular formula is H13CrN6O4-2. The molecule has 0 rings (SSSR count). The summed E-state index contributed by atoms with van der Waals surface area (Å²) >= 11 is 0. The predicted molar refractivity (Wildman–Crippen MR) is 38.8 cm³/mol. The Morgan fingerprint density at radius 1 is 1.00 bits per heavy atom. The summed E-state index contributed by atoms with van der Waals surface area (Å²) in [4.78, 5) is 8.36. The smallest absolute Gasteiger partial charge is 0.693 e. The summed E-state index contributed by atoms with van der Waals surface area (Å²) in [6.45, 7) is 0. The van der Waals surface area contributed by atoms with E-state index in [-0.39, 0.29) is 53.6 Å². The predicted octanol–water partition coefficient (Wildman–Crippen LogP) is 2.41. The van der Waals surface area contributed by atoms with Crippen LogP contribution in [0.2, 0.25) is 0 Å². The van der Waals surface area contributed by atoms with Crippen molar-refractivity contribution in [3.63, 3.8) is 0 Å². The van der Waals surface area contributed by atoms with E-state index in [9.17, 15) is 0 Å². The average Bonchev–Trinajstić information content (AvgIpc) is 0.811. The molecule has 0 saturated carbocycles. The van der Waals surface area contributed by atoms with Gasteiger partial charge in [-0.15, -0.1) is 10.1 Å². The van der Waals surface area contributed by atoms with E-state index in [4.69, 9.17) is 15.3 Å². The van der Waals surface area contributed by atoms with Crippen molar-refractivity contribution in [2.45, 2.75) is 0 Å². The molecule has 0 saturated heterocycles. The Hall–Kier alpha value is -0.508. The molecule has 0 heterocycles. The first-order chi connectivity index (χ1) is 1.73. The minimum atomic E-state index is -1.50. The Morgan fingerprint density at radius 2 is 1.00 bits per heavy atom. The first-order valence-electron chi connectivity index (χ1n) is 0.565. The van der Waals surface area contributed by atoms with Crippen LogP contribution in [0.5, 0.6) is 0 Å². The van der Waals surface area contributed by atoms with Crippen molar-refractivity contribution in [3.05, 3.63) is 40.9 Å². The van der Waals surface area contributed by atoms with Crippen LogP contribution in [-0.4, -0.2) is 15.8 Å². The maximum absolute atomic E-state index is 8.36. The fraction of sp³-hybridized carbons (Fsp3) is 0. The van der Waals surface area contributed by atoms with Crippen LogP contribution < -0.4 is 0 Å². The first-order valence-corrected chi connectivity index (χ1v) is 0.565. The van der Waals surface area contributed by atoms with Crippen LogP contribution in [-0.2, 0) is 17.4 Å². The SMILES string of the molecule is O.O=[N+]([O-])O.[Cr+3].[NH2-].[NH2-].[NH2-].[NH2-].[NH2-]. The average molecular weight is 213 g/mol.